The molecule has 30 heavy (non-hydrogen) atoms. The van der Waals surface area contributed by atoms with Crippen LogP contribution in [-0.2, 0) is 13.6 Å². The molecule has 1 aliphatic rings. The van der Waals surface area contributed by atoms with Crippen LogP contribution < -0.4 is 21.5 Å². The number of fused-ring (bicyclic) bond motifs is 2. The van der Waals surface area contributed by atoms with Crippen molar-refractivity contribution >= 4 is 38.7 Å². The lowest BCUT2D eigenvalue weighted by Crippen LogP contribution is -2.45. The molecule has 5 heterocycles. The molecule has 0 bridgehead atoms. The Morgan fingerprint density at radius 3 is 2.77 bits per heavy atom. The minimum atomic E-state index is -0.373. The van der Waals surface area contributed by atoms with Crippen LogP contribution in [0, 0.1) is 0 Å². The van der Waals surface area contributed by atoms with E-state index in [1.807, 2.05) is 19.3 Å². The maximum atomic E-state index is 12.3. The molecule has 9 nitrogen and oxygen atoms in total. The number of pyridine rings is 1. The summed E-state index contributed by atoms with van der Waals surface area (Å²) in [7, 11) is 3.37. The lowest BCUT2D eigenvalue weighted by Gasteiger charge is -2.35. The minimum absolute atomic E-state index is 0.231. The van der Waals surface area contributed by atoms with E-state index in [9.17, 15) is 9.59 Å². The summed E-state index contributed by atoms with van der Waals surface area (Å²) in [5.41, 5.74) is 2.28. The van der Waals surface area contributed by atoms with Crippen LogP contribution in [0.1, 0.15) is 4.88 Å². The van der Waals surface area contributed by atoms with Crippen LogP contribution in [0.15, 0.2) is 40.2 Å². The van der Waals surface area contributed by atoms with Crippen molar-refractivity contribution in [2.24, 2.45) is 7.05 Å². The summed E-state index contributed by atoms with van der Waals surface area (Å²) in [5, 5.41) is 3.12. The summed E-state index contributed by atoms with van der Waals surface area (Å²) in [6.07, 6.45) is 3.99. The largest absolute Gasteiger partial charge is 0.368 e. The molecule has 1 fully saturated rings. The smallest absolute Gasteiger partial charge is 0.328 e. The summed E-state index contributed by atoms with van der Waals surface area (Å²) in [6, 6.07) is 6.17. The summed E-state index contributed by atoms with van der Waals surface area (Å²) in [6.45, 7) is 4.51. The first-order valence-electron chi connectivity index (χ1n) is 9.87. The highest BCUT2D eigenvalue weighted by atomic mass is 32.1. The average molecular weight is 426 g/mol. The predicted octanol–water partition coefficient (Wildman–Crippen LogP) is 1.30. The fourth-order valence-corrected chi connectivity index (χ4v) is 5.08. The SMILES string of the molecule is CNc1ncc2ccc(N3CCN(Cc4cc5[nH]c(=O)n(C)c(=O)c5s4)CC3)cn12. The second-order valence-electron chi connectivity index (χ2n) is 7.53. The average Bonchev–Trinajstić information content (AvgIpc) is 3.35. The number of aromatic nitrogens is 4. The molecule has 0 atom stereocenters. The number of thiophene rings is 1. The van der Waals surface area contributed by atoms with Crippen LogP contribution >= 0.6 is 11.3 Å². The molecular formula is C20H23N7O2S. The van der Waals surface area contributed by atoms with Crippen molar-refractivity contribution < 1.29 is 0 Å². The van der Waals surface area contributed by atoms with E-state index in [0.717, 1.165) is 53.6 Å². The zero-order valence-electron chi connectivity index (χ0n) is 16.9. The molecule has 5 rings (SSSR count). The van der Waals surface area contributed by atoms with Gasteiger partial charge < -0.3 is 15.2 Å². The van der Waals surface area contributed by atoms with Gasteiger partial charge in [-0.05, 0) is 18.2 Å². The van der Waals surface area contributed by atoms with Gasteiger partial charge in [-0.3, -0.25) is 18.7 Å². The van der Waals surface area contributed by atoms with Crippen LogP contribution in [-0.4, -0.2) is 57.1 Å². The maximum Gasteiger partial charge on any atom is 0.328 e. The van der Waals surface area contributed by atoms with E-state index in [1.165, 1.54) is 24.1 Å². The van der Waals surface area contributed by atoms with Gasteiger partial charge in [0, 0.05) is 57.9 Å². The first kappa shape index (κ1) is 18.9. The van der Waals surface area contributed by atoms with Gasteiger partial charge in [0.15, 0.2) is 0 Å². The van der Waals surface area contributed by atoms with Crippen molar-refractivity contribution in [3.05, 3.63) is 56.3 Å². The minimum Gasteiger partial charge on any atom is -0.368 e. The standard InChI is InChI=1S/C20H23N7O2S/c1-21-19-22-10-13-3-4-14(11-27(13)19)26-7-5-25(6-8-26)12-15-9-16-17(30-15)18(28)24(2)20(29)23-16/h3-4,9-11H,5-8,12H2,1-2H3,(H,21,22)(H,23,29). The number of rotatable bonds is 4. The number of anilines is 2. The predicted molar refractivity (Wildman–Crippen MR) is 120 cm³/mol. The van der Waals surface area contributed by atoms with Crippen LogP contribution in [0.3, 0.4) is 0 Å². The first-order chi connectivity index (χ1) is 14.5. The van der Waals surface area contributed by atoms with E-state index in [2.05, 4.69) is 47.8 Å². The van der Waals surface area contributed by atoms with Crippen molar-refractivity contribution in [3.8, 4) is 0 Å². The quantitative estimate of drug-likeness (QED) is 0.512. The molecule has 0 aliphatic carbocycles. The van der Waals surface area contributed by atoms with E-state index in [4.69, 9.17) is 0 Å². The Balaban J connectivity index is 1.29. The number of piperazine rings is 1. The number of H-pyrrole nitrogens is 1. The molecule has 0 saturated carbocycles. The molecule has 0 amide bonds. The normalized spacial score (nSPS) is 15.3. The van der Waals surface area contributed by atoms with Gasteiger partial charge in [-0.2, -0.15) is 0 Å². The summed E-state index contributed by atoms with van der Waals surface area (Å²) in [5.74, 6) is 0.833. The van der Waals surface area contributed by atoms with Gasteiger partial charge in [0.05, 0.1) is 22.9 Å². The fourth-order valence-electron chi connectivity index (χ4n) is 3.95. The third kappa shape index (κ3) is 3.17. The molecule has 4 aromatic rings. The van der Waals surface area contributed by atoms with Crippen LogP contribution in [0.5, 0.6) is 0 Å². The number of nitrogens with zero attached hydrogens (tertiary/aromatic N) is 5. The number of nitrogens with one attached hydrogen (secondary N) is 2. The van der Waals surface area contributed by atoms with Gasteiger partial charge >= 0.3 is 5.69 Å². The Morgan fingerprint density at radius 1 is 1.20 bits per heavy atom. The molecule has 4 aromatic heterocycles. The molecule has 0 radical (unpaired) electrons. The highest BCUT2D eigenvalue weighted by molar-refractivity contribution is 7.18. The molecular weight excluding hydrogens is 402 g/mol. The van der Waals surface area contributed by atoms with Gasteiger partial charge in [-0.25, -0.2) is 9.78 Å². The van der Waals surface area contributed by atoms with Crippen LogP contribution in [0.25, 0.3) is 15.7 Å². The van der Waals surface area contributed by atoms with Gasteiger partial charge in [-0.1, -0.05) is 0 Å². The topological polar surface area (TPSA) is 90.7 Å². The van der Waals surface area contributed by atoms with E-state index >= 15 is 0 Å². The van der Waals surface area contributed by atoms with Crippen molar-refractivity contribution in [2.75, 3.05) is 43.4 Å². The van der Waals surface area contributed by atoms with Crippen molar-refractivity contribution in [3.63, 3.8) is 0 Å². The summed E-state index contributed by atoms with van der Waals surface area (Å²) < 4.78 is 3.80. The van der Waals surface area contributed by atoms with Crippen LogP contribution in [0.2, 0.25) is 0 Å². The second kappa shape index (κ2) is 7.29. The Bertz CT molecular complexity index is 1340. The number of imidazole rings is 1. The molecule has 10 heteroatoms. The van der Waals surface area contributed by atoms with Gasteiger partial charge in [-0.15, -0.1) is 11.3 Å². The summed E-state index contributed by atoms with van der Waals surface area (Å²) >= 11 is 1.47. The van der Waals surface area contributed by atoms with E-state index in [-0.39, 0.29) is 11.2 Å². The Labute approximate surface area is 176 Å². The molecule has 0 aromatic carbocycles. The first-order valence-corrected chi connectivity index (χ1v) is 10.7. The molecule has 0 spiro atoms. The van der Waals surface area contributed by atoms with E-state index < -0.39 is 0 Å². The van der Waals surface area contributed by atoms with Crippen molar-refractivity contribution in [1.29, 1.82) is 0 Å². The lowest BCUT2D eigenvalue weighted by atomic mass is 10.2. The molecule has 156 valence electrons. The molecule has 1 aliphatic heterocycles. The van der Waals surface area contributed by atoms with Gasteiger partial charge in [0.25, 0.3) is 5.56 Å². The molecule has 0 unspecified atom stereocenters. The highest BCUT2D eigenvalue weighted by Gasteiger charge is 2.19. The fraction of sp³-hybridized carbons (Fsp3) is 0.350. The zero-order chi connectivity index (χ0) is 20.8. The Morgan fingerprint density at radius 2 is 2.00 bits per heavy atom. The van der Waals surface area contributed by atoms with E-state index in [0.29, 0.717) is 10.2 Å². The van der Waals surface area contributed by atoms with Crippen molar-refractivity contribution in [2.45, 2.75) is 6.54 Å². The number of hydrogen-bond donors (Lipinski definition) is 2. The van der Waals surface area contributed by atoms with Crippen LogP contribution in [0.4, 0.5) is 11.6 Å². The van der Waals surface area contributed by atoms with Gasteiger partial charge in [0.1, 0.15) is 4.70 Å². The second-order valence-corrected chi connectivity index (χ2v) is 8.66. The monoisotopic (exact) mass is 425 g/mol. The third-order valence-electron chi connectivity index (χ3n) is 5.68. The number of aromatic amines is 1. The van der Waals surface area contributed by atoms with E-state index in [1.54, 1.807) is 0 Å². The van der Waals surface area contributed by atoms with Gasteiger partial charge in [0.2, 0.25) is 5.95 Å². The molecule has 2 N–H and O–H groups in total. The lowest BCUT2D eigenvalue weighted by molar-refractivity contribution is 0.252. The zero-order valence-corrected chi connectivity index (χ0v) is 17.7. The van der Waals surface area contributed by atoms with Crippen molar-refractivity contribution in [1.82, 2.24) is 23.8 Å². The summed E-state index contributed by atoms with van der Waals surface area (Å²) in [4.78, 5) is 37.1. The molecule has 1 saturated heterocycles. The Hall–Kier alpha value is -3.11. The maximum absolute atomic E-state index is 12.3. The third-order valence-corrected chi connectivity index (χ3v) is 6.79. The number of hydrogen-bond acceptors (Lipinski definition) is 7. The highest BCUT2D eigenvalue weighted by Crippen LogP contribution is 2.24. The Kier molecular flexibility index (Phi) is 4.59.